The van der Waals surface area contributed by atoms with E-state index in [0.717, 1.165) is 55.5 Å². The summed E-state index contributed by atoms with van der Waals surface area (Å²) in [5, 5.41) is 0.921. The van der Waals surface area contributed by atoms with Gasteiger partial charge in [-0.05, 0) is 152 Å². The minimum absolute atomic E-state index is 0.462. The Hall–Kier alpha value is -6.98. The second kappa shape index (κ2) is 13.8. The predicted molar refractivity (Wildman–Crippen MR) is 243 cm³/mol. The van der Waals surface area contributed by atoms with Crippen LogP contribution in [0, 0.1) is 55.4 Å². The van der Waals surface area contributed by atoms with Crippen molar-refractivity contribution in [1.29, 1.82) is 0 Å². The van der Waals surface area contributed by atoms with E-state index in [4.69, 9.17) is 18.8 Å². The average Bonchev–Trinajstić information content (AvgIpc) is 3.93. The number of benzene rings is 7. The number of fused-ring (bicyclic) bond motifs is 4. The fourth-order valence-corrected chi connectivity index (χ4v) is 9.64. The lowest BCUT2D eigenvalue weighted by molar-refractivity contribution is 0.623. The second-order valence-electron chi connectivity index (χ2n) is 16.2. The van der Waals surface area contributed by atoms with Crippen LogP contribution in [0.3, 0.4) is 0 Å². The first-order valence-electron chi connectivity index (χ1n) is 20.3. The highest BCUT2D eigenvalue weighted by Gasteiger charge is 2.34. The Kier molecular flexibility index (Phi) is 8.53. The number of imidazole rings is 1. The molecule has 0 N–H and O–H groups in total. The van der Waals surface area contributed by atoms with Crippen molar-refractivity contribution in [2.75, 3.05) is 0 Å². The lowest BCUT2D eigenvalue weighted by Crippen LogP contribution is -2.03. The van der Waals surface area contributed by atoms with Crippen LogP contribution in [-0.2, 0) is 0 Å². The van der Waals surface area contributed by atoms with E-state index >= 15 is 0 Å². The van der Waals surface area contributed by atoms with Crippen molar-refractivity contribution in [3.05, 3.63) is 172 Å². The fraction of sp³-hybridized carbons (Fsp3) is 0.148. The zero-order valence-corrected chi connectivity index (χ0v) is 34.8. The van der Waals surface area contributed by atoms with Crippen LogP contribution in [0.5, 0.6) is 0 Å². The summed E-state index contributed by atoms with van der Waals surface area (Å²) in [6.45, 7) is 17.8. The van der Waals surface area contributed by atoms with Gasteiger partial charge in [0.05, 0.1) is 22.0 Å². The Bertz CT molecular complexity index is 3220. The second-order valence-corrected chi connectivity index (χ2v) is 16.2. The zero-order chi connectivity index (χ0) is 40.7. The fourth-order valence-electron chi connectivity index (χ4n) is 9.64. The summed E-state index contributed by atoms with van der Waals surface area (Å²) in [5.41, 5.74) is 24.2. The van der Waals surface area contributed by atoms with E-state index in [9.17, 15) is 0 Å². The van der Waals surface area contributed by atoms with Gasteiger partial charge in [0.15, 0.2) is 0 Å². The minimum atomic E-state index is 0.462. The van der Waals surface area contributed by atoms with Crippen LogP contribution in [0.25, 0.3) is 94.9 Å². The SMILES string of the molecule is Cc1cccc(C)c1-c1c(-c2c(C)cccc2C)c(-c2c(C)cccc2C)c2c(oc3nc(-c4cccc5ncn(-c6ccccc6)c45)oc32)c1-c1c(C)cccc1C. The molecule has 0 saturated heterocycles. The van der Waals surface area contributed by atoms with Crippen LogP contribution in [0.1, 0.15) is 44.5 Å². The average molecular weight is 768 g/mol. The van der Waals surface area contributed by atoms with Gasteiger partial charge in [-0.1, -0.05) is 97.1 Å². The maximum absolute atomic E-state index is 7.27. The zero-order valence-electron chi connectivity index (χ0n) is 34.8. The highest BCUT2D eigenvalue weighted by molar-refractivity contribution is 6.24. The molecule has 10 rings (SSSR count). The number of oxazole rings is 1. The topological polar surface area (TPSA) is 57.0 Å². The quantitative estimate of drug-likeness (QED) is 0.169. The molecule has 3 heterocycles. The summed E-state index contributed by atoms with van der Waals surface area (Å²) in [4.78, 5) is 10.0. The molecule has 10 aromatic rings. The minimum Gasteiger partial charge on any atom is -0.434 e. The molecule has 0 fully saturated rings. The molecule has 0 amide bonds. The van der Waals surface area contributed by atoms with Crippen molar-refractivity contribution in [2.45, 2.75) is 55.4 Å². The lowest BCUT2D eigenvalue weighted by atomic mass is 9.75. The van der Waals surface area contributed by atoms with Gasteiger partial charge in [-0.15, -0.1) is 0 Å². The normalized spacial score (nSPS) is 11.7. The molecular weight excluding hydrogens is 723 g/mol. The molecule has 0 aliphatic heterocycles. The van der Waals surface area contributed by atoms with Gasteiger partial charge in [-0.3, -0.25) is 4.57 Å². The Morgan fingerprint density at radius 2 is 0.864 bits per heavy atom. The van der Waals surface area contributed by atoms with Gasteiger partial charge < -0.3 is 8.83 Å². The first kappa shape index (κ1) is 36.4. The Morgan fingerprint density at radius 1 is 0.407 bits per heavy atom. The smallest absolute Gasteiger partial charge is 0.267 e. The summed E-state index contributed by atoms with van der Waals surface area (Å²) >= 11 is 0. The van der Waals surface area contributed by atoms with Crippen molar-refractivity contribution >= 4 is 33.3 Å². The van der Waals surface area contributed by atoms with Gasteiger partial charge in [-0.2, -0.15) is 4.98 Å². The van der Waals surface area contributed by atoms with Gasteiger partial charge >= 0.3 is 0 Å². The lowest BCUT2D eigenvalue weighted by Gasteiger charge is -2.27. The third-order valence-corrected chi connectivity index (χ3v) is 12.2. The van der Waals surface area contributed by atoms with Gasteiger partial charge in [0.1, 0.15) is 11.9 Å². The number of furan rings is 1. The van der Waals surface area contributed by atoms with Crippen molar-refractivity contribution in [3.8, 4) is 61.6 Å². The monoisotopic (exact) mass is 767 g/mol. The predicted octanol–water partition coefficient (Wildman–Crippen LogP) is 14.7. The molecular formula is C54H45N3O2. The molecule has 5 heteroatoms. The molecule has 0 spiro atoms. The molecule has 0 radical (unpaired) electrons. The molecule has 3 aromatic heterocycles. The summed E-state index contributed by atoms with van der Waals surface area (Å²) in [6.07, 6.45) is 1.87. The molecule has 0 bridgehead atoms. The number of aryl methyl sites for hydroxylation is 8. The maximum atomic E-state index is 7.27. The first-order chi connectivity index (χ1) is 28.6. The third kappa shape index (κ3) is 5.60. The maximum Gasteiger partial charge on any atom is 0.267 e. The first-order valence-corrected chi connectivity index (χ1v) is 20.3. The number of aromatic nitrogens is 3. The van der Waals surface area contributed by atoms with E-state index in [2.05, 4.69) is 151 Å². The number of hydrogen-bond acceptors (Lipinski definition) is 4. The van der Waals surface area contributed by atoms with Gasteiger partial charge in [-0.25, -0.2) is 4.98 Å². The molecule has 0 saturated carbocycles. The summed E-state index contributed by atoms with van der Waals surface area (Å²) < 4.78 is 16.5. The molecule has 0 aliphatic carbocycles. The van der Waals surface area contributed by atoms with Crippen LogP contribution in [0.2, 0.25) is 0 Å². The van der Waals surface area contributed by atoms with Gasteiger partial charge in [0.25, 0.3) is 5.71 Å². The van der Waals surface area contributed by atoms with Crippen LogP contribution in [0.15, 0.2) is 136 Å². The number of rotatable bonds is 6. The summed E-state index contributed by atoms with van der Waals surface area (Å²) in [5.74, 6) is 0.484. The highest BCUT2D eigenvalue weighted by Crippen LogP contribution is 2.57. The van der Waals surface area contributed by atoms with Gasteiger partial charge in [0, 0.05) is 22.4 Å². The van der Waals surface area contributed by atoms with E-state index < -0.39 is 0 Å². The van der Waals surface area contributed by atoms with Crippen LogP contribution in [-0.4, -0.2) is 14.5 Å². The summed E-state index contributed by atoms with van der Waals surface area (Å²) in [6, 6.07) is 42.8. The van der Waals surface area contributed by atoms with Crippen molar-refractivity contribution in [3.63, 3.8) is 0 Å². The van der Waals surface area contributed by atoms with Crippen LogP contribution in [0.4, 0.5) is 0 Å². The third-order valence-electron chi connectivity index (χ3n) is 12.2. The Balaban J connectivity index is 1.46. The number of nitrogens with zero attached hydrogens (tertiary/aromatic N) is 3. The van der Waals surface area contributed by atoms with Crippen molar-refractivity contribution < 1.29 is 8.83 Å². The molecule has 288 valence electrons. The van der Waals surface area contributed by atoms with Crippen LogP contribution < -0.4 is 0 Å². The van der Waals surface area contributed by atoms with Gasteiger partial charge in [0.2, 0.25) is 11.5 Å². The van der Waals surface area contributed by atoms with E-state index in [1.54, 1.807) is 0 Å². The molecule has 7 aromatic carbocycles. The van der Waals surface area contributed by atoms with E-state index in [1.807, 2.05) is 36.7 Å². The highest BCUT2D eigenvalue weighted by atomic mass is 16.4. The Labute approximate surface area is 344 Å². The number of hydrogen-bond donors (Lipinski definition) is 0. The number of para-hydroxylation sites is 2. The molecule has 0 unspecified atom stereocenters. The van der Waals surface area contributed by atoms with E-state index in [1.165, 1.54) is 66.8 Å². The van der Waals surface area contributed by atoms with Crippen molar-refractivity contribution in [2.24, 2.45) is 0 Å². The molecule has 59 heavy (non-hydrogen) atoms. The van der Waals surface area contributed by atoms with Crippen LogP contribution >= 0.6 is 0 Å². The largest absolute Gasteiger partial charge is 0.434 e. The standard InChI is InChI=1S/C54H45N3O2/c1-30-17-12-18-31(2)41(30)45-46(42-32(3)19-13-20-33(42)4)48(44-36(7)23-15-24-37(44)8)51-49(47(45)43-34(5)21-14-22-35(43)6)52-54(58-51)56-53(59-52)39-27-16-28-40-50(39)57(29-55-40)38-25-10-9-11-26-38/h9-29H,1-8H3. The Morgan fingerprint density at radius 3 is 1.39 bits per heavy atom. The van der Waals surface area contributed by atoms with E-state index in [-0.39, 0.29) is 0 Å². The summed E-state index contributed by atoms with van der Waals surface area (Å²) in [7, 11) is 0. The van der Waals surface area contributed by atoms with E-state index in [0.29, 0.717) is 17.2 Å². The molecule has 0 aliphatic rings. The molecule has 0 atom stereocenters. The van der Waals surface area contributed by atoms with Crippen molar-refractivity contribution in [1.82, 2.24) is 14.5 Å². The molecule has 5 nitrogen and oxygen atoms in total.